The van der Waals surface area contributed by atoms with E-state index in [0.717, 1.165) is 22.9 Å². The number of amides is 1. The van der Waals surface area contributed by atoms with E-state index in [1.807, 2.05) is 42.5 Å². The number of benzene rings is 4. The number of nitrogens with zero attached hydrogens (tertiary/aromatic N) is 1. The van der Waals surface area contributed by atoms with Gasteiger partial charge in [0.25, 0.3) is 15.9 Å². The molecule has 0 bridgehead atoms. The van der Waals surface area contributed by atoms with Crippen molar-refractivity contribution in [2.24, 2.45) is 0 Å². The van der Waals surface area contributed by atoms with Crippen LogP contribution in [0, 0.1) is 0 Å². The topological polar surface area (TPSA) is 66.5 Å². The van der Waals surface area contributed by atoms with Gasteiger partial charge in [0, 0.05) is 16.9 Å². The predicted octanol–water partition coefficient (Wildman–Crippen LogP) is 6.96. The van der Waals surface area contributed by atoms with Crippen molar-refractivity contribution in [3.05, 3.63) is 129 Å². The highest BCUT2D eigenvalue weighted by atomic mass is 79.9. The minimum Gasteiger partial charge on any atom is -0.351 e. The zero-order valence-electron chi connectivity index (χ0n) is 20.5. The maximum absolute atomic E-state index is 13.9. The molecule has 1 aliphatic rings. The molecule has 5 nitrogen and oxygen atoms in total. The van der Waals surface area contributed by atoms with Crippen LogP contribution in [0.4, 0.5) is 5.69 Å². The van der Waals surface area contributed by atoms with E-state index in [9.17, 15) is 13.2 Å². The molecule has 1 atom stereocenters. The number of anilines is 1. The summed E-state index contributed by atoms with van der Waals surface area (Å²) >= 11 is 9.90. The van der Waals surface area contributed by atoms with Crippen LogP contribution in [0.5, 0.6) is 0 Å². The summed E-state index contributed by atoms with van der Waals surface area (Å²) in [6.07, 6.45) is 1.90. The Morgan fingerprint density at radius 2 is 1.66 bits per heavy atom. The molecule has 1 aliphatic carbocycles. The third-order valence-corrected chi connectivity index (χ3v) is 9.39. The summed E-state index contributed by atoms with van der Waals surface area (Å²) in [5, 5.41) is 3.17. The van der Waals surface area contributed by atoms with Crippen molar-refractivity contribution >= 4 is 49.1 Å². The largest absolute Gasteiger partial charge is 0.351 e. The summed E-state index contributed by atoms with van der Waals surface area (Å²) in [7, 11) is -4.01. The Bertz CT molecular complexity index is 1560. The normalized spacial score (nSPS) is 14.6. The monoisotopic (exact) mass is 608 g/mol. The van der Waals surface area contributed by atoms with Crippen molar-refractivity contribution in [2.75, 3.05) is 10.8 Å². The summed E-state index contributed by atoms with van der Waals surface area (Å²) in [6, 6.07) is 28.8. The first kappa shape index (κ1) is 26.5. The number of rotatable bonds is 8. The van der Waals surface area contributed by atoms with E-state index in [4.69, 9.17) is 11.6 Å². The van der Waals surface area contributed by atoms with Crippen LogP contribution in [0.15, 0.2) is 106 Å². The first-order chi connectivity index (χ1) is 18.3. The SMILES string of the molecule is O=C(NCC1CCc2cc(Br)ccc21)c1cc(S(=O)(=O)N(Cc2ccccc2)c2ccccc2)ccc1Cl. The van der Waals surface area contributed by atoms with Crippen LogP contribution in [0.1, 0.15) is 39.4 Å². The highest BCUT2D eigenvalue weighted by Crippen LogP contribution is 2.34. The second-order valence-electron chi connectivity index (χ2n) is 9.26. The van der Waals surface area contributed by atoms with Crippen molar-refractivity contribution in [2.45, 2.75) is 30.2 Å². The van der Waals surface area contributed by atoms with Crippen LogP contribution >= 0.6 is 27.5 Å². The van der Waals surface area contributed by atoms with Crippen LogP contribution in [0.25, 0.3) is 0 Å². The molecule has 1 N–H and O–H groups in total. The molecule has 0 heterocycles. The molecule has 194 valence electrons. The van der Waals surface area contributed by atoms with Gasteiger partial charge >= 0.3 is 0 Å². The van der Waals surface area contributed by atoms with Crippen molar-refractivity contribution in [1.82, 2.24) is 5.32 Å². The molecule has 0 aliphatic heterocycles. The summed E-state index contributed by atoms with van der Waals surface area (Å²) in [5.74, 6) is -0.195. The molecule has 1 amide bonds. The van der Waals surface area contributed by atoms with Gasteiger partial charge in [0.15, 0.2) is 0 Å². The van der Waals surface area contributed by atoms with Gasteiger partial charge in [0.05, 0.1) is 27.7 Å². The number of fused-ring (bicyclic) bond motifs is 1. The highest BCUT2D eigenvalue weighted by Gasteiger charge is 2.28. The van der Waals surface area contributed by atoms with Gasteiger partial charge in [0.2, 0.25) is 0 Å². The van der Waals surface area contributed by atoms with Gasteiger partial charge in [0.1, 0.15) is 0 Å². The number of aryl methyl sites for hydroxylation is 1. The quantitative estimate of drug-likeness (QED) is 0.235. The zero-order valence-corrected chi connectivity index (χ0v) is 23.6. The number of carbonyl (C=O) groups excluding carboxylic acids is 1. The number of hydrogen-bond donors (Lipinski definition) is 1. The second kappa shape index (κ2) is 11.3. The van der Waals surface area contributed by atoms with Crippen LogP contribution in [-0.4, -0.2) is 20.9 Å². The molecule has 38 heavy (non-hydrogen) atoms. The lowest BCUT2D eigenvalue weighted by Crippen LogP contribution is -2.31. The number of para-hydroxylation sites is 1. The van der Waals surface area contributed by atoms with Crippen molar-refractivity contribution < 1.29 is 13.2 Å². The van der Waals surface area contributed by atoms with Gasteiger partial charge in [-0.2, -0.15) is 0 Å². The summed E-state index contributed by atoms with van der Waals surface area (Å²) in [6.45, 7) is 0.597. The van der Waals surface area contributed by atoms with Gasteiger partial charge in [-0.05, 0) is 72.0 Å². The molecule has 4 aromatic carbocycles. The van der Waals surface area contributed by atoms with E-state index < -0.39 is 15.9 Å². The molecule has 0 saturated carbocycles. The van der Waals surface area contributed by atoms with Gasteiger partial charge in [-0.3, -0.25) is 9.10 Å². The van der Waals surface area contributed by atoms with E-state index in [1.54, 1.807) is 24.3 Å². The fraction of sp³-hybridized carbons (Fsp3) is 0.167. The van der Waals surface area contributed by atoms with E-state index in [2.05, 4.69) is 33.4 Å². The first-order valence-corrected chi connectivity index (χ1v) is 14.9. The smallest absolute Gasteiger partial charge is 0.264 e. The lowest BCUT2D eigenvalue weighted by molar-refractivity contribution is 0.0951. The second-order valence-corrected chi connectivity index (χ2v) is 12.4. The molecule has 0 radical (unpaired) electrons. The minimum absolute atomic E-state index is 0.00268. The molecule has 0 aromatic heterocycles. The summed E-state index contributed by atoms with van der Waals surface area (Å²) in [4.78, 5) is 13.2. The average Bonchev–Trinajstić information content (AvgIpc) is 3.33. The van der Waals surface area contributed by atoms with E-state index in [-0.39, 0.29) is 27.9 Å². The molecule has 0 saturated heterocycles. The lowest BCUT2D eigenvalue weighted by atomic mass is 10.0. The number of carbonyl (C=O) groups is 1. The van der Waals surface area contributed by atoms with E-state index >= 15 is 0 Å². The van der Waals surface area contributed by atoms with Crippen LogP contribution < -0.4 is 9.62 Å². The number of sulfonamides is 1. The van der Waals surface area contributed by atoms with Crippen molar-refractivity contribution in [3.63, 3.8) is 0 Å². The molecular weight excluding hydrogens is 584 g/mol. The Balaban J connectivity index is 1.40. The fourth-order valence-electron chi connectivity index (χ4n) is 4.82. The van der Waals surface area contributed by atoms with Gasteiger partial charge in [-0.15, -0.1) is 0 Å². The Hall–Kier alpha value is -3.13. The van der Waals surface area contributed by atoms with E-state index in [0.29, 0.717) is 12.2 Å². The third kappa shape index (κ3) is 5.65. The van der Waals surface area contributed by atoms with Crippen molar-refractivity contribution in [1.29, 1.82) is 0 Å². The summed E-state index contributed by atoms with van der Waals surface area (Å²) < 4.78 is 30.2. The Kier molecular flexibility index (Phi) is 7.88. The molecular formula is C30H26BrClN2O3S. The fourth-order valence-corrected chi connectivity index (χ4v) is 6.91. The predicted molar refractivity (Wildman–Crippen MR) is 155 cm³/mol. The van der Waals surface area contributed by atoms with Gasteiger partial charge < -0.3 is 5.32 Å². The molecule has 0 fully saturated rings. The molecule has 8 heteroatoms. The Morgan fingerprint density at radius 1 is 0.947 bits per heavy atom. The maximum atomic E-state index is 13.9. The minimum atomic E-state index is -4.01. The van der Waals surface area contributed by atoms with Crippen LogP contribution in [0.2, 0.25) is 5.02 Å². The van der Waals surface area contributed by atoms with Gasteiger partial charge in [-0.1, -0.05) is 82.1 Å². The molecule has 4 aromatic rings. The van der Waals surface area contributed by atoms with Crippen LogP contribution in [0.3, 0.4) is 0 Å². The van der Waals surface area contributed by atoms with Crippen LogP contribution in [-0.2, 0) is 23.0 Å². The first-order valence-electron chi connectivity index (χ1n) is 12.3. The molecule has 0 spiro atoms. The zero-order chi connectivity index (χ0) is 26.7. The Labute approximate surface area is 236 Å². The molecule has 5 rings (SSSR count). The third-order valence-electron chi connectivity index (χ3n) is 6.80. The number of nitrogens with one attached hydrogen (secondary N) is 1. The highest BCUT2D eigenvalue weighted by molar-refractivity contribution is 9.10. The number of halogens is 2. The average molecular weight is 610 g/mol. The lowest BCUT2D eigenvalue weighted by Gasteiger charge is -2.25. The maximum Gasteiger partial charge on any atom is 0.264 e. The molecule has 1 unspecified atom stereocenters. The van der Waals surface area contributed by atoms with E-state index in [1.165, 1.54) is 33.6 Å². The Morgan fingerprint density at radius 3 is 2.39 bits per heavy atom. The van der Waals surface area contributed by atoms with Gasteiger partial charge in [-0.25, -0.2) is 8.42 Å². The van der Waals surface area contributed by atoms with Crippen molar-refractivity contribution in [3.8, 4) is 0 Å². The standard InChI is InChI=1S/C30H26BrClN2O3S/c31-24-13-15-27-22(17-24)11-12-23(27)19-33-30(35)28-18-26(14-16-29(28)32)38(36,37)34(25-9-5-2-6-10-25)20-21-7-3-1-4-8-21/h1-10,13-18,23H,11-12,19-20H2,(H,33,35). The number of hydrogen-bond acceptors (Lipinski definition) is 3. The summed E-state index contributed by atoms with van der Waals surface area (Å²) in [5.41, 5.74) is 4.02.